The van der Waals surface area contributed by atoms with Crippen LogP contribution in [0.5, 0.6) is 5.75 Å². The Bertz CT molecular complexity index is 502. The molecule has 1 aliphatic rings. The molecule has 1 aromatic rings. The molecule has 0 amide bonds. The van der Waals surface area contributed by atoms with Crippen LogP contribution in [0, 0.1) is 0 Å². The molecule has 0 atom stereocenters. The van der Waals surface area contributed by atoms with Crippen LogP contribution in [0.1, 0.15) is 38.2 Å². The van der Waals surface area contributed by atoms with Crippen LogP contribution in [0.15, 0.2) is 29.3 Å². The lowest BCUT2D eigenvalue weighted by molar-refractivity contribution is 0.289. The molecule has 0 saturated carbocycles. The molecule has 0 radical (unpaired) electrons. The number of hydrogen-bond acceptors (Lipinski definition) is 3. The second-order valence-corrected chi connectivity index (χ2v) is 6.15. The number of hydrogen-bond donors (Lipinski definition) is 2. The standard InChI is InChI=1S/C19H32N4O.HI/c1-3-24-18-11-7-6-10-17(18)16-22-19(20-2)21-12-15-23-13-8-4-5-9-14-23;/h6-7,10-11H,3-5,8-9,12-16H2,1-2H3,(H2,20,21,22);1H. The van der Waals surface area contributed by atoms with E-state index < -0.39 is 0 Å². The van der Waals surface area contributed by atoms with Crippen molar-refractivity contribution in [1.29, 1.82) is 0 Å². The predicted molar refractivity (Wildman–Crippen MR) is 116 cm³/mol. The van der Waals surface area contributed by atoms with E-state index in [1.807, 2.05) is 32.2 Å². The van der Waals surface area contributed by atoms with E-state index in [-0.39, 0.29) is 24.0 Å². The van der Waals surface area contributed by atoms with Crippen molar-refractivity contribution in [2.75, 3.05) is 39.8 Å². The molecule has 1 aromatic carbocycles. The molecule has 1 aliphatic heterocycles. The van der Waals surface area contributed by atoms with Gasteiger partial charge in [0.05, 0.1) is 6.61 Å². The molecule has 2 rings (SSSR count). The van der Waals surface area contributed by atoms with E-state index in [1.165, 1.54) is 38.8 Å². The van der Waals surface area contributed by atoms with E-state index in [9.17, 15) is 0 Å². The van der Waals surface area contributed by atoms with Gasteiger partial charge in [0.2, 0.25) is 0 Å². The zero-order chi connectivity index (χ0) is 17.0. The summed E-state index contributed by atoms with van der Waals surface area (Å²) in [7, 11) is 1.82. The Morgan fingerprint density at radius 2 is 1.84 bits per heavy atom. The highest BCUT2D eigenvalue weighted by Gasteiger charge is 2.09. The molecule has 142 valence electrons. The molecule has 5 nitrogen and oxygen atoms in total. The van der Waals surface area contributed by atoms with Gasteiger partial charge < -0.3 is 20.3 Å². The van der Waals surface area contributed by atoms with Crippen molar-refractivity contribution in [3.05, 3.63) is 29.8 Å². The number of benzene rings is 1. The van der Waals surface area contributed by atoms with Gasteiger partial charge in [-0.25, -0.2) is 0 Å². The number of aliphatic imine (C=N–C) groups is 1. The van der Waals surface area contributed by atoms with Gasteiger partial charge in [-0.3, -0.25) is 4.99 Å². The molecule has 0 aromatic heterocycles. The van der Waals surface area contributed by atoms with Crippen molar-refractivity contribution >= 4 is 29.9 Å². The number of likely N-dealkylation sites (tertiary alicyclic amines) is 1. The van der Waals surface area contributed by atoms with Crippen LogP contribution >= 0.6 is 24.0 Å². The van der Waals surface area contributed by atoms with Gasteiger partial charge >= 0.3 is 0 Å². The van der Waals surface area contributed by atoms with E-state index in [0.717, 1.165) is 30.4 Å². The minimum atomic E-state index is 0. The summed E-state index contributed by atoms with van der Waals surface area (Å²) in [5, 5.41) is 6.79. The maximum atomic E-state index is 5.67. The fourth-order valence-electron chi connectivity index (χ4n) is 3.04. The highest BCUT2D eigenvalue weighted by molar-refractivity contribution is 14.0. The largest absolute Gasteiger partial charge is 0.494 e. The second-order valence-electron chi connectivity index (χ2n) is 6.15. The van der Waals surface area contributed by atoms with Crippen molar-refractivity contribution < 1.29 is 4.74 Å². The number of rotatable bonds is 7. The number of guanidine groups is 1. The molecular formula is C19H33IN4O. The smallest absolute Gasteiger partial charge is 0.191 e. The Balaban J connectivity index is 0.00000312. The first-order valence-electron chi connectivity index (χ1n) is 9.21. The van der Waals surface area contributed by atoms with Crippen LogP contribution in [-0.4, -0.2) is 50.7 Å². The molecule has 0 bridgehead atoms. The third-order valence-corrected chi connectivity index (χ3v) is 4.36. The summed E-state index contributed by atoms with van der Waals surface area (Å²) in [6.45, 7) is 7.86. The lowest BCUT2D eigenvalue weighted by Crippen LogP contribution is -2.41. The van der Waals surface area contributed by atoms with Crippen LogP contribution in [0.2, 0.25) is 0 Å². The Morgan fingerprint density at radius 3 is 2.52 bits per heavy atom. The van der Waals surface area contributed by atoms with Crippen LogP contribution in [0.4, 0.5) is 0 Å². The van der Waals surface area contributed by atoms with Crippen molar-refractivity contribution in [3.8, 4) is 5.75 Å². The third kappa shape index (κ3) is 8.27. The molecule has 1 saturated heterocycles. The summed E-state index contributed by atoms with van der Waals surface area (Å²) < 4.78 is 5.67. The van der Waals surface area contributed by atoms with E-state index in [4.69, 9.17) is 4.74 Å². The van der Waals surface area contributed by atoms with Gasteiger partial charge in [0.25, 0.3) is 0 Å². The Hall–Kier alpha value is -1.02. The van der Waals surface area contributed by atoms with Gasteiger partial charge in [-0.05, 0) is 38.9 Å². The molecule has 6 heteroatoms. The number of para-hydroxylation sites is 1. The lowest BCUT2D eigenvalue weighted by atomic mass is 10.2. The first-order valence-corrected chi connectivity index (χ1v) is 9.21. The third-order valence-electron chi connectivity index (χ3n) is 4.36. The fraction of sp³-hybridized carbons (Fsp3) is 0.632. The molecule has 0 spiro atoms. The van der Waals surface area contributed by atoms with Gasteiger partial charge in [0.15, 0.2) is 5.96 Å². The molecular weight excluding hydrogens is 427 g/mol. The monoisotopic (exact) mass is 460 g/mol. The van der Waals surface area contributed by atoms with Crippen LogP contribution in [-0.2, 0) is 6.54 Å². The minimum Gasteiger partial charge on any atom is -0.494 e. The van der Waals surface area contributed by atoms with Crippen molar-refractivity contribution in [2.24, 2.45) is 4.99 Å². The van der Waals surface area contributed by atoms with Crippen molar-refractivity contribution in [3.63, 3.8) is 0 Å². The predicted octanol–water partition coefficient (Wildman–Crippen LogP) is 3.24. The number of nitrogens with zero attached hydrogens (tertiary/aromatic N) is 2. The SMILES string of the molecule is CCOc1ccccc1CNC(=NC)NCCN1CCCCCC1.I. The van der Waals surface area contributed by atoms with Crippen LogP contribution in [0.25, 0.3) is 0 Å². The Morgan fingerprint density at radius 1 is 1.12 bits per heavy atom. The summed E-state index contributed by atoms with van der Waals surface area (Å²) in [6, 6.07) is 8.14. The quantitative estimate of drug-likeness (QED) is 0.373. The highest BCUT2D eigenvalue weighted by atomic mass is 127. The lowest BCUT2D eigenvalue weighted by Gasteiger charge is -2.21. The highest BCUT2D eigenvalue weighted by Crippen LogP contribution is 2.17. The van der Waals surface area contributed by atoms with E-state index in [1.54, 1.807) is 0 Å². The summed E-state index contributed by atoms with van der Waals surface area (Å²) in [4.78, 5) is 6.87. The summed E-state index contributed by atoms with van der Waals surface area (Å²) in [6.07, 6.45) is 5.43. The molecule has 0 aliphatic carbocycles. The van der Waals surface area contributed by atoms with Crippen LogP contribution < -0.4 is 15.4 Å². The Labute approximate surface area is 169 Å². The zero-order valence-corrected chi connectivity index (χ0v) is 17.9. The normalized spacial score (nSPS) is 15.8. The molecule has 1 heterocycles. The van der Waals surface area contributed by atoms with E-state index in [2.05, 4.69) is 26.6 Å². The first-order chi connectivity index (χ1) is 11.8. The van der Waals surface area contributed by atoms with Gasteiger partial charge in [-0.2, -0.15) is 0 Å². The summed E-state index contributed by atoms with van der Waals surface area (Å²) in [5.74, 6) is 1.78. The van der Waals surface area contributed by atoms with Crippen molar-refractivity contribution in [1.82, 2.24) is 15.5 Å². The molecule has 2 N–H and O–H groups in total. The summed E-state index contributed by atoms with van der Waals surface area (Å²) in [5.41, 5.74) is 1.15. The fourth-order valence-corrected chi connectivity index (χ4v) is 3.04. The Kier molecular flexibility index (Phi) is 11.6. The van der Waals surface area contributed by atoms with Crippen LogP contribution in [0.3, 0.4) is 0 Å². The number of halogens is 1. The minimum absolute atomic E-state index is 0. The molecule has 1 fully saturated rings. The maximum absolute atomic E-state index is 5.67. The topological polar surface area (TPSA) is 48.9 Å². The zero-order valence-electron chi connectivity index (χ0n) is 15.6. The van der Waals surface area contributed by atoms with Gasteiger partial charge in [-0.15, -0.1) is 24.0 Å². The molecule has 25 heavy (non-hydrogen) atoms. The average molecular weight is 460 g/mol. The van der Waals surface area contributed by atoms with Gasteiger partial charge in [0, 0.05) is 32.2 Å². The second kappa shape index (κ2) is 13.2. The van der Waals surface area contributed by atoms with E-state index in [0.29, 0.717) is 13.2 Å². The van der Waals surface area contributed by atoms with Gasteiger partial charge in [-0.1, -0.05) is 31.0 Å². The first kappa shape index (κ1) is 22.0. The number of nitrogens with one attached hydrogen (secondary N) is 2. The average Bonchev–Trinajstić information content (AvgIpc) is 2.88. The maximum Gasteiger partial charge on any atom is 0.191 e. The van der Waals surface area contributed by atoms with E-state index >= 15 is 0 Å². The molecule has 0 unspecified atom stereocenters. The van der Waals surface area contributed by atoms with Gasteiger partial charge in [0.1, 0.15) is 5.75 Å². The summed E-state index contributed by atoms with van der Waals surface area (Å²) >= 11 is 0. The van der Waals surface area contributed by atoms with Crippen molar-refractivity contribution in [2.45, 2.75) is 39.2 Å². The number of ether oxygens (including phenoxy) is 1.